The predicted molar refractivity (Wildman–Crippen MR) is 66.0 cm³/mol. The Balaban J connectivity index is 2.38. The molecule has 0 saturated heterocycles. The summed E-state index contributed by atoms with van der Waals surface area (Å²) in [6, 6.07) is 3.56. The number of carbonyl (C=O) groups is 1. The molecule has 0 heterocycles. The van der Waals surface area contributed by atoms with Gasteiger partial charge in [0, 0.05) is 24.2 Å². The molecule has 2 N–H and O–H groups in total. The van der Waals surface area contributed by atoms with Crippen LogP contribution in [0.25, 0.3) is 0 Å². The molecule has 0 saturated carbocycles. The molecule has 1 rings (SSSR count). The maximum atomic E-state index is 13.3. The van der Waals surface area contributed by atoms with Gasteiger partial charge in [-0.2, -0.15) is 0 Å². The molecule has 1 amide bonds. The van der Waals surface area contributed by atoms with E-state index in [1.807, 2.05) is 13.8 Å². The molecule has 1 unspecified atom stereocenters. The van der Waals surface area contributed by atoms with Gasteiger partial charge in [-0.1, -0.05) is 13.0 Å². The first-order valence-corrected chi connectivity index (χ1v) is 5.97. The van der Waals surface area contributed by atoms with Crippen LogP contribution in [0.3, 0.4) is 0 Å². The molecular formula is C13H18F2N2O. The van der Waals surface area contributed by atoms with E-state index in [1.54, 1.807) is 0 Å². The lowest BCUT2D eigenvalue weighted by atomic mass is 10.2. The predicted octanol–water partition coefficient (Wildman–Crippen LogP) is 1.97. The Morgan fingerprint density at radius 3 is 2.72 bits per heavy atom. The van der Waals surface area contributed by atoms with Crippen molar-refractivity contribution in [2.24, 2.45) is 0 Å². The zero-order valence-electron chi connectivity index (χ0n) is 10.6. The minimum absolute atomic E-state index is 0.0626. The molecule has 18 heavy (non-hydrogen) atoms. The molecule has 0 aliphatic carbocycles. The number of benzene rings is 1. The Morgan fingerprint density at radius 1 is 1.39 bits per heavy atom. The summed E-state index contributed by atoms with van der Waals surface area (Å²) < 4.78 is 25.9. The Bertz CT molecular complexity index is 410. The largest absolute Gasteiger partial charge is 0.351 e. The van der Waals surface area contributed by atoms with Crippen molar-refractivity contribution in [2.75, 3.05) is 6.54 Å². The van der Waals surface area contributed by atoms with Crippen LogP contribution in [0.2, 0.25) is 0 Å². The summed E-state index contributed by atoms with van der Waals surface area (Å²) in [5.41, 5.74) is 0.272. The number of halogens is 2. The molecule has 1 atom stereocenters. The van der Waals surface area contributed by atoms with Crippen molar-refractivity contribution >= 4 is 5.91 Å². The average molecular weight is 256 g/mol. The molecule has 1 aromatic rings. The van der Waals surface area contributed by atoms with Crippen molar-refractivity contribution in [3.63, 3.8) is 0 Å². The highest BCUT2D eigenvalue weighted by Gasteiger charge is 2.07. The van der Waals surface area contributed by atoms with Gasteiger partial charge in [-0.15, -0.1) is 0 Å². The lowest BCUT2D eigenvalue weighted by Crippen LogP contribution is -2.37. The molecule has 0 aliphatic heterocycles. The van der Waals surface area contributed by atoms with Gasteiger partial charge in [0.25, 0.3) is 0 Å². The lowest BCUT2D eigenvalue weighted by molar-refractivity contribution is -0.120. The number of hydrogen-bond donors (Lipinski definition) is 2. The van der Waals surface area contributed by atoms with Crippen LogP contribution in [0.1, 0.15) is 25.8 Å². The second-order valence-corrected chi connectivity index (χ2v) is 4.20. The van der Waals surface area contributed by atoms with Crippen LogP contribution in [-0.4, -0.2) is 18.5 Å². The Hall–Kier alpha value is -1.49. The van der Waals surface area contributed by atoms with Gasteiger partial charge in [0.15, 0.2) is 0 Å². The molecule has 5 heteroatoms. The van der Waals surface area contributed by atoms with E-state index in [2.05, 4.69) is 10.6 Å². The van der Waals surface area contributed by atoms with Crippen molar-refractivity contribution in [3.05, 3.63) is 35.4 Å². The highest BCUT2D eigenvalue weighted by molar-refractivity contribution is 5.78. The van der Waals surface area contributed by atoms with Gasteiger partial charge in [-0.3, -0.25) is 4.79 Å². The van der Waals surface area contributed by atoms with Gasteiger partial charge in [0.05, 0.1) is 6.54 Å². The summed E-state index contributed by atoms with van der Waals surface area (Å²) in [5, 5.41) is 5.60. The van der Waals surface area contributed by atoms with E-state index >= 15 is 0 Å². The van der Waals surface area contributed by atoms with Crippen LogP contribution in [0.4, 0.5) is 8.78 Å². The molecule has 0 aliphatic rings. The van der Waals surface area contributed by atoms with E-state index in [4.69, 9.17) is 0 Å². The number of hydrogen-bond acceptors (Lipinski definition) is 2. The van der Waals surface area contributed by atoms with E-state index in [0.29, 0.717) is 0 Å². The summed E-state index contributed by atoms with van der Waals surface area (Å²) in [7, 11) is 0. The van der Waals surface area contributed by atoms with Gasteiger partial charge < -0.3 is 10.6 Å². The van der Waals surface area contributed by atoms with Crippen LogP contribution in [-0.2, 0) is 11.3 Å². The van der Waals surface area contributed by atoms with E-state index in [0.717, 1.165) is 12.5 Å². The third kappa shape index (κ3) is 4.79. The Labute approximate surface area is 106 Å². The number of nitrogens with one attached hydrogen (secondary N) is 2. The molecule has 3 nitrogen and oxygen atoms in total. The molecule has 0 bridgehead atoms. The first-order chi connectivity index (χ1) is 8.52. The smallest absolute Gasteiger partial charge is 0.234 e. The fourth-order valence-electron chi connectivity index (χ4n) is 1.33. The van der Waals surface area contributed by atoms with Gasteiger partial charge >= 0.3 is 0 Å². The summed E-state index contributed by atoms with van der Waals surface area (Å²) in [5.74, 6) is -1.48. The van der Waals surface area contributed by atoms with E-state index in [1.165, 1.54) is 12.1 Å². The van der Waals surface area contributed by atoms with Crippen molar-refractivity contribution in [1.29, 1.82) is 0 Å². The molecular weight excluding hydrogens is 238 g/mol. The molecule has 0 spiro atoms. The van der Waals surface area contributed by atoms with Crippen LogP contribution in [0.15, 0.2) is 18.2 Å². The highest BCUT2D eigenvalue weighted by Crippen LogP contribution is 2.08. The molecule has 100 valence electrons. The van der Waals surface area contributed by atoms with E-state index in [-0.39, 0.29) is 30.6 Å². The number of amides is 1. The lowest BCUT2D eigenvalue weighted by Gasteiger charge is -2.11. The fraction of sp³-hybridized carbons (Fsp3) is 0.462. The quantitative estimate of drug-likeness (QED) is 0.817. The normalized spacial score (nSPS) is 12.2. The zero-order chi connectivity index (χ0) is 13.5. The monoisotopic (exact) mass is 256 g/mol. The second kappa shape index (κ2) is 7.06. The third-order valence-corrected chi connectivity index (χ3v) is 2.71. The zero-order valence-corrected chi connectivity index (χ0v) is 10.6. The van der Waals surface area contributed by atoms with Crippen molar-refractivity contribution in [1.82, 2.24) is 10.6 Å². The van der Waals surface area contributed by atoms with Gasteiger partial charge in [-0.25, -0.2) is 8.78 Å². The van der Waals surface area contributed by atoms with Crippen molar-refractivity contribution in [3.8, 4) is 0 Å². The maximum Gasteiger partial charge on any atom is 0.234 e. The van der Waals surface area contributed by atoms with Crippen LogP contribution < -0.4 is 10.6 Å². The van der Waals surface area contributed by atoms with Gasteiger partial charge in [0.1, 0.15) is 11.6 Å². The SMILES string of the molecule is CCC(C)NCC(=O)NCc1ccc(F)cc1F. The van der Waals surface area contributed by atoms with Crippen LogP contribution >= 0.6 is 0 Å². The second-order valence-electron chi connectivity index (χ2n) is 4.20. The van der Waals surface area contributed by atoms with Gasteiger partial charge in [0.2, 0.25) is 5.91 Å². The van der Waals surface area contributed by atoms with Crippen LogP contribution in [0, 0.1) is 11.6 Å². The molecule has 0 radical (unpaired) electrons. The molecule has 0 fully saturated rings. The Morgan fingerprint density at radius 2 is 2.11 bits per heavy atom. The summed E-state index contributed by atoms with van der Waals surface area (Å²) in [6.45, 7) is 4.25. The third-order valence-electron chi connectivity index (χ3n) is 2.71. The molecule has 1 aromatic carbocycles. The summed E-state index contributed by atoms with van der Waals surface area (Å²) in [6.07, 6.45) is 0.930. The van der Waals surface area contributed by atoms with Crippen molar-refractivity contribution in [2.45, 2.75) is 32.9 Å². The van der Waals surface area contributed by atoms with E-state index < -0.39 is 11.6 Å². The summed E-state index contributed by atoms with van der Waals surface area (Å²) in [4.78, 5) is 11.4. The minimum atomic E-state index is -0.648. The Kier molecular flexibility index (Phi) is 5.71. The fourth-order valence-corrected chi connectivity index (χ4v) is 1.33. The topological polar surface area (TPSA) is 41.1 Å². The molecule has 0 aromatic heterocycles. The summed E-state index contributed by atoms with van der Waals surface area (Å²) >= 11 is 0. The first kappa shape index (κ1) is 14.6. The first-order valence-electron chi connectivity index (χ1n) is 5.97. The van der Waals surface area contributed by atoms with Crippen molar-refractivity contribution < 1.29 is 13.6 Å². The standard InChI is InChI=1S/C13H18F2N2O/c1-3-9(2)16-8-13(18)17-7-10-4-5-11(14)6-12(10)15/h4-6,9,16H,3,7-8H2,1-2H3,(H,17,18). The average Bonchev–Trinajstić information content (AvgIpc) is 2.34. The highest BCUT2D eigenvalue weighted by atomic mass is 19.1. The van der Waals surface area contributed by atoms with Crippen LogP contribution in [0.5, 0.6) is 0 Å². The van der Waals surface area contributed by atoms with Gasteiger partial charge in [-0.05, 0) is 19.4 Å². The number of rotatable bonds is 6. The maximum absolute atomic E-state index is 13.3. The number of carbonyl (C=O) groups excluding carboxylic acids is 1. The minimum Gasteiger partial charge on any atom is -0.351 e. The van der Waals surface area contributed by atoms with E-state index in [9.17, 15) is 13.6 Å².